The molecular formula is C22H21N5O2S. The van der Waals surface area contributed by atoms with Gasteiger partial charge in [0.1, 0.15) is 11.8 Å². The summed E-state index contributed by atoms with van der Waals surface area (Å²) in [5.41, 5.74) is 9.53. The fraction of sp³-hybridized carbons (Fsp3) is 0.182. The minimum absolute atomic E-state index is 0.146. The molecule has 0 fully saturated rings. The molecule has 152 valence electrons. The van der Waals surface area contributed by atoms with Crippen LogP contribution in [-0.2, 0) is 16.0 Å². The van der Waals surface area contributed by atoms with Gasteiger partial charge in [-0.2, -0.15) is 5.10 Å². The number of nitrogens with one attached hydrogen (secondary N) is 1. The Morgan fingerprint density at radius 2 is 1.90 bits per heavy atom. The van der Waals surface area contributed by atoms with Crippen molar-refractivity contribution in [3.63, 3.8) is 0 Å². The van der Waals surface area contributed by atoms with Crippen molar-refractivity contribution < 1.29 is 9.59 Å². The molecule has 2 heterocycles. The molecule has 1 aliphatic rings. The van der Waals surface area contributed by atoms with Gasteiger partial charge in [-0.15, -0.1) is 11.3 Å². The van der Waals surface area contributed by atoms with Gasteiger partial charge in [0.25, 0.3) is 5.91 Å². The van der Waals surface area contributed by atoms with Gasteiger partial charge in [0.15, 0.2) is 5.13 Å². The maximum atomic E-state index is 12.7. The zero-order valence-corrected chi connectivity index (χ0v) is 17.2. The zero-order valence-electron chi connectivity index (χ0n) is 16.4. The van der Waals surface area contributed by atoms with E-state index in [0.717, 1.165) is 17.7 Å². The molecule has 3 aromatic rings. The number of para-hydroxylation sites is 1. The van der Waals surface area contributed by atoms with Crippen molar-refractivity contribution in [2.24, 2.45) is 10.8 Å². The largest absolute Gasteiger partial charge is 0.368 e. The molecule has 1 unspecified atom stereocenters. The van der Waals surface area contributed by atoms with Gasteiger partial charge in [0.2, 0.25) is 5.91 Å². The van der Waals surface area contributed by atoms with Crippen molar-refractivity contribution in [2.75, 3.05) is 10.3 Å². The molecule has 2 amide bonds. The number of aryl methyl sites for hydroxylation is 1. The smallest absolute Gasteiger partial charge is 0.273 e. The standard InChI is InChI=1S/C22H21N5O2S/c1-2-14-8-10-15(11-9-14)18-13-30-22(24-18)25-21(29)17-12-19(20(23)28)27(26-17)16-6-4-3-5-7-16/h3-11,13,19H,2,12H2,1H3,(H2,23,28)(H,24,25,29). The third-order valence-corrected chi connectivity index (χ3v) is 5.66. The summed E-state index contributed by atoms with van der Waals surface area (Å²) in [6, 6.07) is 16.7. The first kappa shape index (κ1) is 19.8. The Morgan fingerprint density at radius 3 is 2.57 bits per heavy atom. The van der Waals surface area contributed by atoms with E-state index in [1.807, 2.05) is 47.8 Å². The van der Waals surface area contributed by atoms with E-state index in [2.05, 4.69) is 34.5 Å². The maximum absolute atomic E-state index is 12.7. The van der Waals surface area contributed by atoms with Crippen LogP contribution in [0.2, 0.25) is 0 Å². The van der Waals surface area contributed by atoms with E-state index in [9.17, 15) is 9.59 Å². The van der Waals surface area contributed by atoms with E-state index in [0.29, 0.717) is 10.8 Å². The van der Waals surface area contributed by atoms with Crippen LogP contribution in [0.4, 0.5) is 10.8 Å². The van der Waals surface area contributed by atoms with Crippen LogP contribution < -0.4 is 16.1 Å². The van der Waals surface area contributed by atoms with Crippen molar-refractivity contribution in [1.29, 1.82) is 0 Å². The highest BCUT2D eigenvalue weighted by Gasteiger charge is 2.35. The molecule has 0 bridgehead atoms. The predicted octanol–water partition coefficient (Wildman–Crippen LogP) is 3.43. The van der Waals surface area contributed by atoms with Crippen LogP contribution in [0.3, 0.4) is 0 Å². The molecule has 0 saturated heterocycles. The molecule has 3 N–H and O–H groups in total. The molecule has 1 aromatic heterocycles. The second kappa shape index (κ2) is 8.46. The van der Waals surface area contributed by atoms with Crippen molar-refractivity contribution in [3.8, 4) is 11.3 Å². The second-order valence-corrected chi connectivity index (χ2v) is 7.75. The summed E-state index contributed by atoms with van der Waals surface area (Å²) in [4.78, 5) is 29.1. The number of hydrazone groups is 1. The number of aromatic nitrogens is 1. The van der Waals surface area contributed by atoms with E-state index in [1.54, 1.807) is 0 Å². The van der Waals surface area contributed by atoms with Crippen molar-refractivity contribution in [3.05, 3.63) is 65.5 Å². The average Bonchev–Trinajstić information content (AvgIpc) is 3.42. The normalized spacial score (nSPS) is 15.7. The lowest BCUT2D eigenvalue weighted by Gasteiger charge is -2.20. The Balaban J connectivity index is 1.50. The van der Waals surface area contributed by atoms with Gasteiger partial charge in [-0.1, -0.05) is 49.4 Å². The number of anilines is 2. The molecule has 8 heteroatoms. The van der Waals surface area contributed by atoms with Crippen LogP contribution in [-0.4, -0.2) is 28.6 Å². The fourth-order valence-corrected chi connectivity index (χ4v) is 3.95. The van der Waals surface area contributed by atoms with Gasteiger partial charge in [-0.3, -0.25) is 19.9 Å². The van der Waals surface area contributed by atoms with Crippen LogP contribution >= 0.6 is 11.3 Å². The predicted molar refractivity (Wildman–Crippen MR) is 120 cm³/mol. The fourth-order valence-electron chi connectivity index (χ4n) is 3.23. The van der Waals surface area contributed by atoms with Gasteiger partial charge < -0.3 is 5.73 Å². The van der Waals surface area contributed by atoms with E-state index in [1.165, 1.54) is 21.9 Å². The van der Waals surface area contributed by atoms with E-state index in [4.69, 9.17) is 5.73 Å². The molecule has 4 rings (SSSR count). The monoisotopic (exact) mass is 419 g/mol. The molecule has 0 radical (unpaired) electrons. The quantitative estimate of drug-likeness (QED) is 0.639. The number of carbonyl (C=O) groups is 2. The van der Waals surface area contributed by atoms with Gasteiger partial charge in [0, 0.05) is 17.4 Å². The maximum Gasteiger partial charge on any atom is 0.273 e. The molecule has 2 aromatic carbocycles. The van der Waals surface area contributed by atoms with E-state index in [-0.39, 0.29) is 18.0 Å². The number of rotatable bonds is 6. The zero-order chi connectivity index (χ0) is 21.1. The lowest BCUT2D eigenvalue weighted by Crippen LogP contribution is -2.39. The highest BCUT2D eigenvalue weighted by Crippen LogP contribution is 2.27. The molecule has 1 aliphatic heterocycles. The molecule has 1 atom stereocenters. The number of nitrogens with two attached hydrogens (primary N) is 1. The molecule has 7 nitrogen and oxygen atoms in total. The van der Waals surface area contributed by atoms with Crippen LogP contribution in [0.1, 0.15) is 18.9 Å². The van der Waals surface area contributed by atoms with Gasteiger partial charge >= 0.3 is 0 Å². The third kappa shape index (κ3) is 4.08. The minimum Gasteiger partial charge on any atom is -0.368 e. The molecule has 0 aliphatic carbocycles. The van der Waals surface area contributed by atoms with Crippen molar-refractivity contribution >= 4 is 39.7 Å². The number of carbonyl (C=O) groups excluding carboxylic acids is 2. The lowest BCUT2D eigenvalue weighted by molar-refractivity contribution is -0.119. The first-order valence-corrected chi connectivity index (χ1v) is 10.5. The summed E-state index contributed by atoms with van der Waals surface area (Å²) in [5.74, 6) is -0.917. The Kier molecular flexibility index (Phi) is 5.58. The summed E-state index contributed by atoms with van der Waals surface area (Å²) in [5, 5.41) is 11.0. The topological polar surface area (TPSA) is 101 Å². The minimum atomic E-state index is -0.697. The van der Waals surface area contributed by atoms with Gasteiger partial charge in [-0.05, 0) is 24.1 Å². The number of primary amides is 1. The average molecular weight is 420 g/mol. The number of benzene rings is 2. The lowest BCUT2D eigenvalue weighted by atomic mass is 10.1. The molecular weight excluding hydrogens is 398 g/mol. The van der Waals surface area contributed by atoms with Crippen LogP contribution in [0, 0.1) is 0 Å². The summed E-state index contributed by atoms with van der Waals surface area (Å²) in [6.07, 6.45) is 1.12. The summed E-state index contributed by atoms with van der Waals surface area (Å²) >= 11 is 1.34. The third-order valence-electron chi connectivity index (χ3n) is 4.90. The SMILES string of the molecule is CCc1ccc(-c2csc(NC(=O)C3=NN(c4ccccc4)C(C(N)=O)C3)n2)cc1. The van der Waals surface area contributed by atoms with Crippen LogP contribution in [0.15, 0.2) is 65.1 Å². The van der Waals surface area contributed by atoms with Crippen molar-refractivity contribution in [1.82, 2.24) is 4.98 Å². The van der Waals surface area contributed by atoms with Crippen LogP contribution in [0.5, 0.6) is 0 Å². The summed E-state index contributed by atoms with van der Waals surface area (Å²) in [6.45, 7) is 2.11. The second-order valence-electron chi connectivity index (χ2n) is 6.89. The van der Waals surface area contributed by atoms with Gasteiger partial charge in [-0.25, -0.2) is 4.98 Å². The first-order chi connectivity index (χ1) is 14.5. The molecule has 30 heavy (non-hydrogen) atoms. The Labute approximate surface area is 178 Å². The van der Waals surface area contributed by atoms with E-state index >= 15 is 0 Å². The summed E-state index contributed by atoms with van der Waals surface area (Å²) in [7, 11) is 0. The number of hydrogen-bond acceptors (Lipinski definition) is 6. The highest BCUT2D eigenvalue weighted by atomic mass is 32.1. The van der Waals surface area contributed by atoms with Crippen LogP contribution in [0.25, 0.3) is 11.3 Å². The van der Waals surface area contributed by atoms with Crippen molar-refractivity contribution in [2.45, 2.75) is 25.8 Å². The number of hydrogen-bond donors (Lipinski definition) is 2. The Bertz CT molecular complexity index is 1090. The molecule has 0 saturated carbocycles. The van der Waals surface area contributed by atoms with E-state index < -0.39 is 11.9 Å². The first-order valence-electron chi connectivity index (χ1n) is 9.62. The highest BCUT2D eigenvalue weighted by molar-refractivity contribution is 7.14. The van der Waals surface area contributed by atoms with Gasteiger partial charge in [0.05, 0.1) is 11.4 Å². The number of nitrogens with zero attached hydrogens (tertiary/aromatic N) is 3. The Morgan fingerprint density at radius 1 is 1.17 bits per heavy atom. The molecule has 0 spiro atoms. The Hall–Kier alpha value is -3.52. The summed E-state index contributed by atoms with van der Waals surface area (Å²) < 4.78 is 0. The number of thiazole rings is 1. The number of amides is 2.